The van der Waals surface area contributed by atoms with E-state index >= 15 is 0 Å². The highest BCUT2D eigenvalue weighted by Crippen LogP contribution is 2.04. The number of hydrazine groups is 8. The minimum absolute atomic E-state index is 0. The molecule has 16 N–H and O–H groups in total. The fourth-order valence-corrected chi connectivity index (χ4v) is 11.1. The second-order valence-corrected chi connectivity index (χ2v) is 27.0. The lowest BCUT2D eigenvalue weighted by Crippen LogP contribution is -2.49. The van der Waals surface area contributed by atoms with Gasteiger partial charge in [-0.2, -0.15) is 0 Å². The summed E-state index contributed by atoms with van der Waals surface area (Å²) in [5, 5.41) is 0. The van der Waals surface area contributed by atoms with Crippen molar-refractivity contribution in [1.82, 2.24) is 165 Å². The Morgan fingerprint density at radius 3 is 0.314 bits per heavy atom. The van der Waals surface area contributed by atoms with Crippen molar-refractivity contribution in [2.45, 2.75) is 7.43 Å². The van der Waals surface area contributed by atoms with E-state index in [1.54, 1.807) is 56.4 Å². The Balaban J connectivity index is 0.00000118. The van der Waals surface area contributed by atoms with Crippen molar-refractivity contribution in [2.24, 2.45) is 0 Å². The lowest BCUT2D eigenvalue weighted by Gasteiger charge is -2.31. The molecule has 8 fully saturated rings. The molecule has 0 aromatic heterocycles. The fraction of sp³-hybridized carbons (Fsp3) is 0.877. The fourth-order valence-electron chi connectivity index (χ4n) is 11.1. The summed E-state index contributed by atoms with van der Waals surface area (Å²) >= 11 is 0. The summed E-state index contributed by atoms with van der Waals surface area (Å²) in [7, 11) is 30.4. The van der Waals surface area contributed by atoms with Crippen LogP contribution in [0.2, 0.25) is 0 Å². The van der Waals surface area contributed by atoms with Crippen LogP contribution in [0.15, 0.2) is 0 Å². The number of amides is 8. The summed E-state index contributed by atoms with van der Waals surface area (Å²) in [6.45, 7) is 36.4. The van der Waals surface area contributed by atoms with Crippen molar-refractivity contribution in [2.75, 3.05) is 375 Å². The number of hydrogen-bond donors (Lipinski definition) is 16. The number of nitrogens with one attached hydrogen (secondary N) is 16. The molecule has 8 heterocycles. The van der Waals surface area contributed by atoms with E-state index in [0.29, 0.717) is 52.4 Å². The number of carbonyl (C=O) groups is 8. The number of nitrogens with zero attached hydrogens (tertiary/aromatic N) is 16. The Kier molecular flexibility index (Phi) is 59.6. The highest BCUT2D eigenvalue weighted by Gasteiger charge is 2.23. The van der Waals surface area contributed by atoms with Gasteiger partial charge in [0, 0.05) is 266 Å². The molecule has 0 spiro atoms. The minimum Gasteiger partial charge on any atom is -0.304 e. The average Bonchev–Trinajstić information content (AvgIpc) is 1.01. The molecule has 40 heteroatoms. The van der Waals surface area contributed by atoms with E-state index in [2.05, 4.69) is 222 Å². The van der Waals surface area contributed by atoms with Gasteiger partial charge in [0.2, 0.25) is 47.3 Å². The van der Waals surface area contributed by atoms with Gasteiger partial charge in [0.05, 0.1) is 52.4 Å². The molecular formula is C65H148N32O8. The van der Waals surface area contributed by atoms with Crippen molar-refractivity contribution in [3.8, 4) is 0 Å². The van der Waals surface area contributed by atoms with Crippen LogP contribution in [-0.2, 0) is 38.4 Å². The largest absolute Gasteiger partial charge is 0.304 e. The monoisotopic (exact) mass is 1510 g/mol. The van der Waals surface area contributed by atoms with Crippen LogP contribution in [-0.4, -0.2) is 500 Å². The van der Waals surface area contributed by atoms with Crippen LogP contribution in [0, 0.1) is 0 Å². The van der Waals surface area contributed by atoms with E-state index in [-0.39, 0.29) is 54.7 Å². The molecule has 0 saturated carbocycles. The average molecular weight is 1510 g/mol. The van der Waals surface area contributed by atoms with Crippen molar-refractivity contribution in [1.29, 1.82) is 0 Å². The van der Waals surface area contributed by atoms with Crippen molar-refractivity contribution in [3.63, 3.8) is 0 Å². The summed E-state index contributed by atoms with van der Waals surface area (Å²) < 4.78 is 0. The van der Waals surface area contributed by atoms with Gasteiger partial charge >= 0.3 is 0 Å². The Morgan fingerprint density at radius 2 is 0.248 bits per heavy atom. The molecule has 8 aliphatic heterocycles. The summed E-state index contributed by atoms with van der Waals surface area (Å²) in [5.74, 6) is 0.274. The predicted molar refractivity (Wildman–Crippen MR) is 416 cm³/mol. The SMILES string of the molecule is C.CNNC(=O)CN1CCN(C)CC1.CNNC(=O)CN1CCN(C)CC1.CNNC(=O)CN1CCN(C)CC1.CNNC(=O)CN1CCN(C)CC1.CNNC(=O)CN1CCN(C)CC1.CNNC(=O)CN1CCN(C)CC1.CNNC(=O)CN1CCN(C)CC1.CNNC(=O)CN1CCN(C)CC1. The molecule has 0 bridgehead atoms. The van der Waals surface area contributed by atoms with Gasteiger partial charge in [0.1, 0.15) is 0 Å². The van der Waals surface area contributed by atoms with Gasteiger partial charge in [0.25, 0.3) is 0 Å². The Hall–Kier alpha value is -5.20. The van der Waals surface area contributed by atoms with E-state index in [1.165, 1.54) is 0 Å². The van der Waals surface area contributed by atoms with Crippen molar-refractivity contribution >= 4 is 47.3 Å². The third-order valence-corrected chi connectivity index (χ3v) is 17.8. The van der Waals surface area contributed by atoms with Crippen LogP contribution in [0.5, 0.6) is 0 Å². The predicted octanol–water partition coefficient (Wildman–Crippen LogP) is -11.5. The van der Waals surface area contributed by atoms with Crippen LogP contribution in [0.4, 0.5) is 0 Å². The van der Waals surface area contributed by atoms with E-state index in [4.69, 9.17) is 0 Å². The molecule has 0 aromatic rings. The second kappa shape index (κ2) is 62.7. The van der Waals surface area contributed by atoms with Crippen LogP contribution in [0.25, 0.3) is 0 Å². The topological polar surface area (TPSA) is 381 Å². The van der Waals surface area contributed by atoms with Gasteiger partial charge in [0.15, 0.2) is 0 Å². The highest BCUT2D eigenvalue weighted by atomic mass is 16.2. The van der Waals surface area contributed by atoms with Gasteiger partial charge < -0.3 is 39.2 Å². The zero-order chi connectivity index (χ0) is 77.5. The van der Waals surface area contributed by atoms with Crippen LogP contribution in [0.3, 0.4) is 0 Å². The molecule has 0 aliphatic carbocycles. The minimum atomic E-state index is 0. The molecule has 8 aliphatic rings. The number of piperazine rings is 8. The molecule has 8 amide bonds. The lowest BCUT2D eigenvalue weighted by atomic mass is 10.3. The molecular weight excluding hydrogens is 1360 g/mol. The molecule has 0 radical (unpaired) electrons. The molecule has 40 nitrogen and oxygen atoms in total. The molecule has 8 saturated heterocycles. The number of hydrogen-bond acceptors (Lipinski definition) is 32. The van der Waals surface area contributed by atoms with Crippen LogP contribution >= 0.6 is 0 Å². The first-order valence-corrected chi connectivity index (χ1v) is 36.7. The highest BCUT2D eigenvalue weighted by molar-refractivity contribution is 5.80. The number of carbonyl (C=O) groups excluding carboxylic acids is 8. The second-order valence-electron chi connectivity index (χ2n) is 27.0. The quantitative estimate of drug-likeness (QED) is 0.0399. The maximum atomic E-state index is 11.2. The molecule has 616 valence electrons. The van der Waals surface area contributed by atoms with E-state index in [0.717, 1.165) is 209 Å². The third-order valence-electron chi connectivity index (χ3n) is 17.8. The lowest BCUT2D eigenvalue weighted by molar-refractivity contribution is -0.124. The third kappa shape index (κ3) is 54.1. The first kappa shape index (κ1) is 99.8. The van der Waals surface area contributed by atoms with E-state index in [1.807, 2.05) is 0 Å². The zero-order valence-electron chi connectivity index (χ0n) is 66.7. The molecule has 8 rings (SSSR count). The van der Waals surface area contributed by atoms with Gasteiger partial charge in [-0.3, -0.25) is 121 Å². The van der Waals surface area contributed by atoms with Crippen LogP contribution in [0.1, 0.15) is 7.43 Å². The summed E-state index contributed by atoms with van der Waals surface area (Å²) in [4.78, 5) is 125. The zero-order valence-corrected chi connectivity index (χ0v) is 66.7. The summed E-state index contributed by atoms with van der Waals surface area (Å²) in [5.41, 5.74) is 41.5. The maximum absolute atomic E-state index is 11.2. The van der Waals surface area contributed by atoms with Gasteiger partial charge in [-0.25, -0.2) is 43.4 Å². The van der Waals surface area contributed by atoms with Gasteiger partial charge in [-0.15, -0.1) is 0 Å². The number of rotatable bonds is 24. The van der Waals surface area contributed by atoms with Crippen molar-refractivity contribution in [3.05, 3.63) is 0 Å². The van der Waals surface area contributed by atoms with Crippen LogP contribution < -0.4 is 86.8 Å². The Labute approximate surface area is 630 Å². The Bertz CT molecular complexity index is 1780. The number of likely N-dealkylation sites (N-methyl/N-ethyl adjacent to an activating group) is 8. The van der Waals surface area contributed by atoms with Gasteiger partial charge in [-0.05, 0) is 56.4 Å². The Morgan fingerprint density at radius 1 is 0.171 bits per heavy atom. The van der Waals surface area contributed by atoms with E-state index < -0.39 is 0 Å². The smallest absolute Gasteiger partial charge is 0.248 e. The first-order chi connectivity index (χ1) is 49.8. The van der Waals surface area contributed by atoms with Gasteiger partial charge in [-0.1, -0.05) is 7.43 Å². The van der Waals surface area contributed by atoms with Crippen molar-refractivity contribution < 1.29 is 38.4 Å². The molecule has 0 unspecified atom stereocenters. The molecule has 0 aromatic carbocycles. The summed E-state index contributed by atoms with van der Waals surface area (Å²) in [6.07, 6.45) is 0. The normalized spacial score (nSPS) is 20.0. The standard InChI is InChI=1S/8C8H18N4O.CH4/c8*1-9-10-8(13)7-12-5-3-11(2)4-6-12;/h8*9H,3-7H2,1-2H3,(H,10,13);1H4. The van der Waals surface area contributed by atoms with E-state index in [9.17, 15) is 38.4 Å². The molecule has 0 atom stereocenters. The first-order valence-electron chi connectivity index (χ1n) is 36.7. The molecule has 105 heavy (non-hydrogen) atoms. The summed E-state index contributed by atoms with van der Waals surface area (Å²) in [6, 6.07) is 0. The maximum Gasteiger partial charge on any atom is 0.248 e.